The molecule has 0 heterocycles. The van der Waals surface area contributed by atoms with Gasteiger partial charge in [-0.25, -0.2) is 0 Å². The van der Waals surface area contributed by atoms with Gasteiger partial charge in [0, 0.05) is 5.02 Å². The molecule has 0 aliphatic carbocycles. The Morgan fingerprint density at radius 3 is 2.31 bits per heavy atom. The van der Waals surface area contributed by atoms with E-state index in [1.165, 1.54) is 0 Å². The molecule has 26 heavy (non-hydrogen) atoms. The summed E-state index contributed by atoms with van der Waals surface area (Å²) in [5.41, 5.74) is 1.65. The van der Waals surface area contributed by atoms with Gasteiger partial charge in [0.15, 0.2) is 0 Å². The number of carbonyl (C=O) groups excluding carboxylic acids is 2. The zero-order valence-electron chi connectivity index (χ0n) is 15.1. The highest BCUT2D eigenvalue weighted by Gasteiger charge is 2.25. The van der Waals surface area contributed by atoms with Crippen molar-refractivity contribution in [3.8, 4) is 0 Å². The molecule has 2 aromatic carbocycles. The number of ether oxygens (including phenoxy) is 1. The van der Waals surface area contributed by atoms with E-state index in [0.717, 1.165) is 5.56 Å². The van der Waals surface area contributed by atoms with Gasteiger partial charge in [0.05, 0.1) is 25.0 Å². The first-order valence-electron chi connectivity index (χ1n) is 8.82. The predicted octanol–water partition coefficient (Wildman–Crippen LogP) is 4.64. The molecule has 0 aliphatic rings. The maximum Gasteiger partial charge on any atom is 0.308 e. The fourth-order valence-electron chi connectivity index (χ4n) is 2.91. The molecule has 0 saturated heterocycles. The lowest BCUT2D eigenvalue weighted by atomic mass is 9.94. The van der Waals surface area contributed by atoms with E-state index in [-0.39, 0.29) is 24.2 Å². The van der Waals surface area contributed by atoms with Crippen molar-refractivity contribution < 1.29 is 14.3 Å². The first-order valence-corrected chi connectivity index (χ1v) is 9.19. The lowest BCUT2D eigenvalue weighted by molar-refractivity contribution is -0.143. The molecule has 0 aliphatic heterocycles. The zero-order chi connectivity index (χ0) is 18.9. The Morgan fingerprint density at radius 2 is 1.69 bits per heavy atom. The summed E-state index contributed by atoms with van der Waals surface area (Å²) in [4.78, 5) is 24.9. The first-order chi connectivity index (χ1) is 12.6. The van der Waals surface area contributed by atoms with Crippen LogP contribution in [0.1, 0.15) is 49.8 Å². The lowest BCUT2D eigenvalue weighted by Crippen LogP contribution is -2.34. The Labute approximate surface area is 159 Å². The molecule has 4 nitrogen and oxygen atoms in total. The van der Waals surface area contributed by atoms with Crippen LogP contribution in [-0.4, -0.2) is 18.5 Å². The van der Waals surface area contributed by atoms with E-state index in [1.54, 1.807) is 13.0 Å². The van der Waals surface area contributed by atoms with Crippen LogP contribution in [0, 0.1) is 0 Å². The van der Waals surface area contributed by atoms with E-state index in [2.05, 4.69) is 5.32 Å². The maximum atomic E-state index is 12.9. The molecule has 0 radical (unpaired) electrons. The molecule has 5 heteroatoms. The Kier molecular flexibility index (Phi) is 7.67. The third-order valence-corrected chi connectivity index (χ3v) is 4.54. The van der Waals surface area contributed by atoms with Crippen LogP contribution in [0.5, 0.6) is 0 Å². The van der Waals surface area contributed by atoms with Crippen LogP contribution in [0.25, 0.3) is 0 Å². The van der Waals surface area contributed by atoms with Crippen molar-refractivity contribution in [2.45, 2.75) is 38.6 Å². The molecule has 1 amide bonds. The first kappa shape index (κ1) is 20.0. The van der Waals surface area contributed by atoms with Crippen molar-refractivity contribution in [1.82, 2.24) is 5.32 Å². The quantitative estimate of drug-likeness (QED) is 0.685. The predicted molar refractivity (Wildman–Crippen MR) is 103 cm³/mol. The van der Waals surface area contributed by atoms with Crippen molar-refractivity contribution in [1.29, 1.82) is 0 Å². The normalized spacial score (nSPS) is 12.9. The lowest BCUT2D eigenvalue weighted by Gasteiger charge is -2.23. The zero-order valence-corrected chi connectivity index (χ0v) is 15.8. The van der Waals surface area contributed by atoms with E-state index in [4.69, 9.17) is 16.3 Å². The molecule has 0 unspecified atom stereocenters. The molecule has 0 aromatic heterocycles. The molecular formula is C21H24ClNO3. The third-order valence-electron chi connectivity index (χ3n) is 4.20. The van der Waals surface area contributed by atoms with Crippen LogP contribution in [-0.2, 0) is 14.3 Å². The molecule has 0 bridgehead atoms. The molecular weight excluding hydrogens is 350 g/mol. The fraction of sp³-hybridized carbons (Fsp3) is 0.333. The summed E-state index contributed by atoms with van der Waals surface area (Å²) in [6, 6.07) is 16.3. The van der Waals surface area contributed by atoms with Crippen molar-refractivity contribution in [3.63, 3.8) is 0 Å². The molecule has 0 spiro atoms. The molecule has 0 fully saturated rings. The number of hydrogen-bond donors (Lipinski definition) is 1. The number of halogens is 1. The van der Waals surface area contributed by atoms with Gasteiger partial charge >= 0.3 is 5.97 Å². The minimum absolute atomic E-state index is 0.0362. The van der Waals surface area contributed by atoms with Gasteiger partial charge in [-0.2, -0.15) is 0 Å². The second-order valence-electron chi connectivity index (χ2n) is 5.96. The second kappa shape index (κ2) is 9.97. The molecule has 1 N–H and O–H groups in total. The smallest absolute Gasteiger partial charge is 0.308 e. The summed E-state index contributed by atoms with van der Waals surface area (Å²) in [5.74, 6) is -0.790. The average molecular weight is 374 g/mol. The molecule has 2 atom stereocenters. The van der Waals surface area contributed by atoms with Gasteiger partial charge in [-0.1, -0.05) is 67.1 Å². The van der Waals surface area contributed by atoms with Crippen molar-refractivity contribution in [2.24, 2.45) is 0 Å². The molecule has 0 saturated carbocycles. The standard InChI is InChI=1S/C21H24ClNO3/c1-3-16(15-10-6-5-7-11-15)21(25)23-19(14-20(24)26-4-2)17-12-8-9-13-18(17)22/h5-13,16,19H,3-4,14H2,1-2H3,(H,23,25)/t16-,19-/m1/s1. The van der Waals surface area contributed by atoms with Crippen molar-refractivity contribution in [3.05, 3.63) is 70.7 Å². The Morgan fingerprint density at radius 1 is 1.04 bits per heavy atom. The summed E-state index contributed by atoms with van der Waals surface area (Å²) in [6.45, 7) is 4.01. The summed E-state index contributed by atoms with van der Waals surface area (Å²) in [5, 5.41) is 3.50. The van der Waals surface area contributed by atoms with E-state index < -0.39 is 6.04 Å². The number of carbonyl (C=O) groups is 2. The SMILES string of the molecule is CCOC(=O)C[C@@H](NC(=O)[C@H](CC)c1ccccc1)c1ccccc1Cl. The van der Waals surface area contributed by atoms with Gasteiger partial charge in [0.25, 0.3) is 0 Å². The van der Waals surface area contributed by atoms with Gasteiger partial charge in [-0.15, -0.1) is 0 Å². The topological polar surface area (TPSA) is 55.4 Å². The minimum atomic E-state index is -0.534. The van der Waals surface area contributed by atoms with Gasteiger partial charge in [0.2, 0.25) is 5.91 Å². The van der Waals surface area contributed by atoms with Gasteiger partial charge in [-0.05, 0) is 30.5 Å². The largest absolute Gasteiger partial charge is 0.466 e. The van der Waals surface area contributed by atoms with E-state index in [0.29, 0.717) is 23.6 Å². The van der Waals surface area contributed by atoms with Crippen LogP contribution in [0.4, 0.5) is 0 Å². The number of amides is 1. The van der Waals surface area contributed by atoms with E-state index in [9.17, 15) is 9.59 Å². The third kappa shape index (κ3) is 5.33. The average Bonchev–Trinajstić information content (AvgIpc) is 2.63. The summed E-state index contributed by atoms with van der Waals surface area (Å²) >= 11 is 6.29. The van der Waals surface area contributed by atoms with Gasteiger partial charge < -0.3 is 10.1 Å². The fourth-order valence-corrected chi connectivity index (χ4v) is 3.18. The highest BCUT2D eigenvalue weighted by molar-refractivity contribution is 6.31. The van der Waals surface area contributed by atoms with Gasteiger partial charge in [-0.3, -0.25) is 9.59 Å². The van der Waals surface area contributed by atoms with Crippen LogP contribution < -0.4 is 5.32 Å². The van der Waals surface area contributed by atoms with E-state index >= 15 is 0 Å². The Hall–Kier alpha value is -2.33. The van der Waals surface area contributed by atoms with Crippen LogP contribution in [0.3, 0.4) is 0 Å². The monoisotopic (exact) mass is 373 g/mol. The number of esters is 1. The number of benzene rings is 2. The molecule has 2 rings (SSSR count). The number of rotatable bonds is 8. The van der Waals surface area contributed by atoms with Crippen LogP contribution in [0.2, 0.25) is 5.02 Å². The highest BCUT2D eigenvalue weighted by Crippen LogP contribution is 2.27. The summed E-state index contributed by atoms with van der Waals surface area (Å²) in [7, 11) is 0. The van der Waals surface area contributed by atoms with Crippen molar-refractivity contribution >= 4 is 23.5 Å². The summed E-state index contributed by atoms with van der Waals surface area (Å²) < 4.78 is 5.05. The maximum absolute atomic E-state index is 12.9. The number of hydrogen-bond acceptors (Lipinski definition) is 3. The van der Waals surface area contributed by atoms with Crippen LogP contribution >= 0.6 is 11.6 Å². The minimum Gasteiger partial charge on any atom is -0.466 e. The Balaban J connectivity index is 2.23. The molecule has 138 valence electrons. The summed E-state index contributed by atoms with van der Waals surface area (Å²) in [6.07, 6.45) is 0.693. The van der Waals surface area contributed by atoms with E-state index in [1.807, 2.05) is 55.5 Å². The van der Waals surface area contributed by atoms with Crippen molar-refractivity contribution in [2.75, 3.05) is 6.61 Å². The second-order valence-corrected chi connectivity index (χ2v) is 6.37. The van der Waals surface area contributed by atoms with Crippen LogP contribution in [0.15, 0.2) is 54.6 Å². The van der Waals surface area contributed by atoms with Gasteiger partial charge in [0.1, 0.15) is 0 Å². The number of nitrogens with one attached hydrogen (secondary N) is 1. The Bertz CT molecular complexity index is 733. The highest BCUT2D eigenvalue weighted by atomic mass is 35.5. The molecule has 2 aromatic rings.